The second-order valence-electron chi connectivity index (χ2n) is 4.90. The maximum atomic E-state index is 5.83. The van der Waals surface area contributed by atoms with Gasteiger partial charge in [-0.05, 0) is 23.6 Å². The Kier molecular flexibility index (Phi) is 7.00. The van der Waals surface area contributed by atoms with Crippen molar-refractivity contribution in [1.29, 1.82) is 0 Å². The van der Waals surface area contributed by atoms with Crippen LogP contribution in [0.3, 0.4) is 0 Å². The molecular weight excluding hydrogens is 447 g/mol. The largest absolute Gasteiger partial charge is 0.250 e. The number of nitrogens with zero attached hydrogens (tertiary/aromatic N) is 3. The molecule has 9 heteroatoms. The van der Waals surface area contributed by atoms with Crippen LogP contribution in [0.25, 0.3) is 12.2 Å². The SMILES string of the molecule is C=CCc1ccc(C=Cc2nc(C(Cl)(Cl)Cl)nc(C(Cl)(Cl)Cl)n2)cc1. The van der Waals surface area contributed by atoms with Crippen molar-refractivity contribution < 1.29 is 0 Å². The molecule has 0 aliphatic heterocycles. The number of rotatable bonds is 4. The number of aromatic nitrogens is 3. The molecule has 1 heterocycles. The number of alkyl halides is 6. The van der Waals surface area contributed by atoms with E-state index in [1.54, 1.807) is 12.2 Å². The summed E-state index contributed by atoms with van der Waals surface area (Å²) in [4.78, 5) is 12.1. The molecule has 3 nitrogen and oxygen atoms in total. The van der Waals surface area contributed by atoms with Crippen LogP contribution in [0.4, 0.5) is 0 Å². The molecular formula is C16H11Cl6N3. The van der Waals surface area contributed by atoms with E-state index in [9.17, 15) is 0 Å². The lowest BCUT2D eigenvalue weighted by Gasteiger charge is -2.14. The second kappa shape index (κ2) is 8.43. The molecule has 2 rings (SSSR count). The fraction of sp³-hybridized carbons (Fsp3) is 0.188. The van der Waals surface area contributed by atoms with Crippen LogP contribution in [-0.4, -0.2) is 15.0 Å². The molecule has 0 radical (unpaired) electrons. The van der Waals surface area contributed by atoms with Crippen LogP contribution in [0, 0.1) is 0 Å². The van der Waals surface area contributed by atoms with E-state index in [0.29, 0.717) is 0 Å². The lowest BCUT2D eigenvalue weighted by Crippen LogP contribution is -2.16. The number of allylic oxidation sites excluding steroid dienone is 1. The van der Waals surface area contributed by atoms with Gasteiger partial charge in [0, 0.05) is 0 Å². The average molecular weight is 458 g/mol. The normalized spacial score (nSPS) is 12.6. The van der Waals surface area contributed by atoms with Crippen molar-refractivity contribution in [2.45, 2.75) is 14.0 Å². The van der Waals surface area contributed by atoms with Gasteiger partial charge in [-0.25, -0.2) is 15.0 Å². The molecule has 1 aromatic heterocycles. The molecule has 0 amide bonds. The minimum atomic E-state index is -1.87. The van der Waals surface area contributed by atoms with Crippen LogP contribution in [0.15, 0.2) is 36.9 Å². The topological polar surface area (TPSA) is 38.7 Å². The van der Waals surface area contributed by atoms with Crippen molar-refractivity contribution in [1.82, 2.24) is 15.0 Å². The van der Waals surface area contributed by atoms with Gasteiger partial charge < -0.3 is 0 Å². The van der Waals surface area contributed by atoms with Crippen molar-refractivity contribution in [2.75, 3.05) is 0 Å². The summed E-state index contributed by atoms with van der Waals surface area (Å²) in [5.74, 6) is -0.0579. The first-order chi connectivity index (χ1) is 11.6. The van der Waals surface area contributed by atoms with Gasteiger partial charge in [0.25, 0.3) is 0 Å². The number of hydrogen-bond donors (Lipinski definition) is 0. The van der Waals surface area contributed by atoms with Crippen molar-refractivity contribution >= 4 is 81.8 Å². The zero-order valence-corrected chi connectivity index (χ0v) is 17.1. The molecule has 0 aliphatic rings. The highest BCUT2D eigenvalue weighted by molar-refractivity contribution is 6.67. The van der Waals surface area contributed by atoms with E-state index < -0.39 is 7.59 Å². The molecule has 25 heavy (non-hydrogen) atoms. The van der Waals surface area contributed by atoms with Crippen molar-refractivity contribution in [3.05, 3.63) is 65.5 Å². The van der Waals surface area contributed by atoms with Crippen LogP contribution in [0.5, 0.6) is 0 Å². The summed E-state index contributed by atoms with van der Waals surface area (Å²) in [6.07, 6.45) is 6.05. The lowest BCUT2D eigenvalue weighted by atomic mass is 10.1. The van der Waals surface area contributed by atoms with Crippen LogP contribution in [-0.2, 0) is 14.0 Å². The molecule has 0 spiro atoms. The van der Waals surface area contributed by atoms with Crippen LogP contribution < -0.4 is 0 Å². The summed E-state index contributed by atoms with van der Waals surface area (Å²) < 4.78 is -3.74. The van der Waals surface area contributed by atoms with Gasteiger partial charge >= 0.3 is 0 Å². The zero-order chi connectivity index (χ0) is 18.7. The highest BCUT2D eigenvalue weighted by atomic mass is 35.6. The third kappa shape index (κ3) is 6.28. The summed E-state index contributed by atoms with van der Waals surface area (Å²) in [7, 11) is 0. The molecule has 2 aromatic rings. The molecule has 0 bridgehead atoms. The fourth-order valence-electron chi connectivity index (χ4n) is 1.82. The van der Waals surface area contributed by atoms with E-state index in [0.717, 1.165) is 17.5 Å². The number of halogens is 6. The Morgan fingerprint density at radius 1 is 0.800 bits per heavy atom. The highest BCUT2D eigenvalue weighted by Crippen LogP contribution is 2.39. The van der Waals surface area contributed by atoms with Crippen molar-refractivity contribution in [3.8, 4) is 0 Å². The maximum absolute atomic E-state index is 5.83. The first kappa shape index (κ1) is 20.8. The second-order valence-corrected chi connectivity index (χ2v) is 9.47. The molecule has 132 valence electrons. The average Bonchev–Trinajstić information content (AvgIpc) is 2.52. The number of benzene rings is 1. The Bertz CT molecular complexity index is 744. The lowest BCUT2D eigenvalue weighted by molar-refractivity contribution is 0.835. The molecule has 0 N–H and O–H groups in total. The van der Waals surface area contributed by atoms with Crippen molar-refractivity contribution in [3.63, 3.8) is 0 Å². The molecule has 0 saturated heterocycles. The molecule has 0 saturated carbocycles. The van der Waals surface area contributed by atoms with Gasteiger partial charge in [-0.1, -0.05) is 106 Å². The highest BCUT2D eigenvalue weighted by Gasteiger charge is 2.33. The minimum absolute atomic E-state index is 0.130. The van der Waals surface area contributed by atoms with E-state index in [2.05, 4.69) is 21.5 Å². The Hall–Kier alpha value is -0.550. The predicted molar refractivity (Wildman–Crippen MR) is 108 cm³/mol. The van der Waals surface area contributed by atoms with E-state index in [1.807, 2.05) is 30.3 Å². The van der Waals surface area contributed by atoms with E-state index in [-0.39, 0.29) is 17.5 Å². The summed E-state index contributed by atoms with van der Waals surface area (Å²) in [6, 6.07) is 7.88. The Balaban J connectivity index is 2.35. The van der Waals surface area contributed by atoms with Crippen molar-refractivity contribution in [2.24, 2.45) is 0 Å². The number of hydrogen-bond acceptors (Lipinski definition) is 3. The first-order valence-corrected chi connectivity index (χ1v) is 9.15. The molecule has 0 aliphatic carbocycles. The Morgan fingerprint density at radius 3 is 1.76 bits per heavy atom. The van der Waals surface area contributed by atoms with E-state index in [4.69, 9.17) is 69.6 Å². The smallest absolute Gasteiger partial charge is 0.209 e. The van der Waals surface area contributed by atoms with Gasteiger partial charge in [0.1, 0.15) is 0 Å². The Morgan fingerprint density at radius 2 is 1.32 bits per heavy atom. The maximum Gasteiger partial charge on any atom is 0.250 e. The molecule has 0 unspecified atom stereocenters. The van der Waals surface area contributed by atoms with Gasteiger partial charge in [-0.15, -0.1) is 6.58 Å². The van der Waals surface area contributed by atoms with E-state index in [1.165, 1.54) is 0 Å². The van der Waals surface area contributed by atoms with Gasteiger partial charge in [0.2, 0.25) is 7.59 Å². The van der Waals surface area contributed by atoms with E-state index >= 15 is 0 Å². The molecule has 0 fully saturated rings. The summed E-state index contributed by atoms with van der Waals surface area (Å²) in [6.45, 7) is 3.71. The van der Waals surface area contributed by atoms with Crippen LogP contribution in [0.1, 0.15) is 28.6 Å². The van der Waals surface area contributed by atoms with Gasteiger partial charge in [-0.2, -0.15) is 0 Å². The summed E-state index contributed by atoms with van der Waals surface area (Å²) in [5, 5.41) is 0. The fourth-order valence-corrected chi connectivity index (χ4v) is 2.33. The first-order valence-electron chi connectivity index (χ1n) is 6.88. The minimum Gasteiger partial charge on any atom is -0.209 e. The quantitative estimate of drug-likeness (QED) is 0.392. The van der Waals surface area contributed by atoms with Crippen LogP contribution >= 0.6 is 69.6 Å². The summed E-state index contributed by atoms with van der Waals surface area (Å²) >= 11 is 35.0. The van der Waals surface area contributed by atoms with Gasteiger partial charge in [0.05, 0.1) is 0 Å². The third-order valence-corrected chi connectivity index (χ3v) is 3.96. The van der Waals surface area contributed by atoms with Gasteiger partial charge in [0.15, 0.2) is 17.5 Å². The van der Waals surface area contributed by atoms with Gasteiger partial charge in [-0.3, -0.25) is 0 Å². The summed E-state index contributed by atoms with van der Waals surface area (Å²) in [5.41, 5.74) is 2.09. The molecule has 0 atom stereocenters. The standard InChI is InChI=1S/C16H11Cl6N3/c1-2-3-10-4-6-11(7-5-10)8-9-12-23-13(15(17,18)19)25-14(24-12)16(20,21)22/h2,4-9H,1,3H2. The Labute approximate surface area is 175 Å². The third-order valence-electron chi connectivity index (χ3n) is 2.94. The monoisotopic (exact) mass is 455 g/mol. The van der Waals surface area contributed by atoms with Crippen LogP contribution in [0.2, 0.25) is 0 Å². The zero-order valence-electron chi connectivity index (χ0n) is 12.6. The predicted octanol–water partition coefficient (Wildman–Crippen LogP) is 6.42. The molecule has 1 aromatic carbocycles.